The minimum absolute atomic E-state index is 0.139. The zero-order valence-corrected chi connectivity index (χ0v) is 8.93. The number of nitrogens with one attached hydrogen (secondary N) is 2. The largest absolute Gasteiger partial charge is 0.351 e. The van der Waals surface area contributed by atoms with Gasteiger partial charge in [0.15, 0.2) is 0 Å². The molecule has 15 heavy (non-hydrogen) atoms. The first-order valence-corrected chi connectivity index (χ1v) is 4.99. The highest BCUT2D eigenvalue weighted by molar-refractivity contribution is 7.98. The maximum Gasteiger partial charge on any atom is 0.322 e. The molecule has 1 aromatic carbocycles. The lowest BCUT2D eigenvalue weighted by Crippen LogP contribution is -2.22. The minimum atomic E-state index is -0.607. The van der Waals surface area contributed by atoms with E-state index in [2.05, 4.69) is 10.0 Å². The van der Waals surface area contributed by atoms with Gasteiger partial charge in [-0.25, -0.2) is 4.79 Å². The summed E-state index contributed by atoms with van der Waals surface area (Å²) in [4.78, 5) is 22.0. The highest BCUT2D eigenvalue weighted by atomic mass is 32.2. The fraction of sp³-hybridized carbons (Fsp3) is 0.111. The Bertz CT molecular complexity index is 381. The zero-order chi connectivity index (χ0) is 11.3. The molecule has 0 aliphatic carbocycles. The van der Waals surface area contributed by atoms with Crippen LogP contribution in [-0.4, -0.2) is 11.9 Å². The second-order valence-corrected chi connectivity index (χ2v) is 3.66. The van der Waals surface area contributed by atoms with Crippen LogP contribution in [0, 0.1) is 0 Å². The molecule has 0 fully saturated rings. The van der Waals surface area contributed by atoms with Crippen molar-refractivity contribution in [3.05, 3.63) is 24.3 Å². The summed E-state index contributed by atoms with van der Waals surface area (Å²) >= 11 is 1.09. The first kappa shape index (κ1) is 11.4. The van der Waals surface area contributed by atoms with Gasteiger partial charge in [0.2, 0.25) is 5.91 Å². The van der Waals surface area contributed by atoms with Gasteiger partial charge in [-0.3, -0.25) is 9.52 Å². The van der Waals surface area contributed by atoms with Crippen LogP contribution in [0.5, 0.6) is 0 Å². The molecule has 0 atom stereocenters. The van der Waals surface area contributed by atoms with E-state index in [0.717, 1.165) is 16.8 Å². The van der Waals surface area contributed by atoms with Crippen molar-refractivity contribution >= 4 is 29.6 Å². The van der Waals surface area contributed by atoms with E-state index < -0.39 is 6.03 Å². The number of primary amides is 1. The summed E-state index contributed by atoms with van der Waals surface area (Å²) in [6.45, 7) is 1.43. The van der Waals surface area contributed by atoms with Gasteiger partial charge in [-0.05, 0) is 30.1 Å². The van der Waals surface area contributed by atoms with Crippen LogP contribution in [0.1, 0.15) is 6.92 Å². The van der Waals surface area contributed by atoms with Gasteiger partial charge in [0.25, 0.3) is 0 Å². The minimum Gasteiger partial charge on any atom is -0.351 e. The van der Waals surface area contributed by atoms with E-state index in [9.17, 15) is 9.59 Å². The molecule has 0 aliphatic rings. The number of carbonyl (C=O) groups excluding carboxylic acids is 2. The van der Waals surface area contributed by atoms with Crippen molar-refractivity contribution < 1.29 is 9.59 Å². The molecule has 0 heterocycles. The van der Waals surface area contributed by atoms with Crippen molar-refractivity contribution in [1.29, 1.82) is 0 Å². The Balaban J connectivity index is 2.65. The number of benzene rings is 1. The van der Waals surface area contributed by atoms with Crippen LogP contribution in [0.4, 0.5) is 10.5 Å². The van der Waals surface area contributed by atoms with Crippen LogP contribution in [0.15, 0.2) is 29.2 Å². The van der Waals surface area contributed by atoms with E-state index in [1.54, 1.807) is 24.3 Å². The predicted octanol–water partition coefficient (Wildman–Crippen LogP) is 1.32. The number of carbonyl (C=O) groups is 2. The molecule has 0 unspecified atom stereocenters. The van der Waals surface area contributed by atoms with Gasteiger partial charge in [0.05, 0.1) is 0 Å². The van der Waals surface area contributed by atoms with E-state index in [0.29, 0.717) is 5.69 Å². The molecule has 80 valence electrons. The molecule has 0 bridgehead atoms. The smallest absolute Gasteiger partial charge is 0.322 e. The van der Waals surface area contributed by atoms with Gasteiger partial charge in [0.1, 0.15) is 0 Å². The molecular formula is C9H11N3O2S. The van der Waals surface area contributed by atoms with Gasteiger partial charge in [-0.15, -0.1) is 0 Å². The first-order valence-electron chi connectivity index (χ1n) is 4.18. The highest BCUT2D eigenvalue weighted by Gasteiger charge is 1.99. The lowest BCUT2D eigenvalue weighted by Gasteiger charge is -2.04. The summed E-state index contributed by atoms with van der Waals surface area (Å²) in [5.74, 6) is -0.139. The van der Waals surface area contributed by atoms with Crippen LogP contribution in [0.2, 0.25) is 0 Å². The fourth-order valence-electron chi connectivity index (χ4n) is 0.950. The Kier molecular flexibility index (Phi) is 3.99. The van der Waals surface area contributed by atoms with E-state index in [1.807, 2.05) is 0 Å². The average molecular weight is 225 g/mol. The summed E-state index contributed by atoms with van der Waals surface area (Å²) in [6, 6.07) is 6.46. The predicted molar refractivity (Wildman–Crippen MR) is 59.3 cm³/mol. The van der Waals surface area contributed by atoms with E-state index in [4.69, 9.17) is 5.73 Å². The molecule has 0 aromatic heterocycles. The van der Waals surface area contributed by atoms with Crippen LogP contribution in [0.3, 0.4) is 0 Å². The summed E-state index contributed by atoms with van der Waals surface area (Å²) < 4.78 is 2.39. The first-order chi connectivity index (χ1) is 7.08. The fourth-order valence-corrected chi connectivity index (χ4v) is 1.50. The van der Waals surface area contributed by atoms with Gasteiger partial charge >= 0.3 is 6.03 Å². The van der Waals surface area contributed by atoms with E-state index >= 15 is 0 Å². The lowest BCUT2D eigenvalue weighted by atomic mass is 10.3. The topological polar surface area (TPSA) is 84.2 Å². The molecule has 1 rings (SSSR count). The Labute approximate surface area is 91.5 Å². The molecule has 0 radical (unpaired) electrons. The maximum absolute atomic E-state index is 10.8. The third-order valence-corrected chi connectivity index (χ3v) is 2.22. The summed E-state index contributed by atoms with van der Waals surface area (Å²) in [7, 11) is 0. The molecule has 1 aromatic rings. The Morgan fingerprint density at radius 2 is 2.13 bits per heavy atom. The second-order valence-electron chi connectivity index (χ2n) is 2.78. The molecule has 0 saturated carbocycles. The van der Waals surface area contributed by atoms with E-state index in [-0.39, 0.29) is 5.91 Å². The molecule has 0 aliphatic heterocycles. The van der Waals surface area contributed by atoms with Crippen LogP contribution < -0.4 is 15.8 Å². The molecule has 0 spiro atoms. The molecule has 5 nitrogen and oxygen atoms in total. The van der Waals surface area contributed by atoms with Crippen molar-refractivity contribution in [3.8, 4) is 0 Å². The normalized spacial score (nSPS) is 9.40. The van der Waals surface area contributed by atoms with Crippen LogP contribution >= 0.6 is 11.9 Å². The van der Waals surface area contributed by atoms with Gasteiger partial charge in [0, 0.05) is 17.5 Å². The number of amides is 3. The quantitative estimate of drug-likeness (QED) is 0.678. The summed E-state index contributed by atoms with van der Waals surface area (Å²) in [5.41, 5.74) is 5.60. The number of nitrogens with two attached hydrogens (primary N) is 1. The zero-order valence-electron chi connectivity index (χ0n) is 8.11. The molecule has 3 amide bonds. The number of hydrogen-bond donors (Lipinski definition) is 3. The number of anilines is 1. The third kappa shape index (κ3) is 4.37. The summed E-state index contributed by atoms with van der Waals surface area (Å²) in [5, 5.41) is 2.64. The maximum atomic E-state index is 10.8. The third-order valence-electron chi connectivity index (χ3n) is 1.42. The molecular weight excluding hydrogens is 214 g/mol. The summed E-state index contributed by atoms with van der Waals surface area (Å²) in [6.07, 6.45) is 0. The highest BCUT2D eigenvalue weighted by Crippen LogP contribution is 2.18. The number of urea groups is 1. The van der Waals surface area contributed by atoms with Gasteiger partial charge in [-0.2, -0.15) is 0 Å². The van der Waals surface area contributed by atoms with Gasteiger partial charge in [-0.1, -0.05) is 6.07 Å². The van der Waals surface area contributed by atoms with Crippen molar-refractivity contribution in [2.24, 2.45) is 5.73 Å². The Morgan fingerprint density at radius 3 is 2.73 bits per heavy atom. The lowest BCUT2D eigenvalue weighted by molar-refractivity contribution is -0.114. The van der Waals surface area contributed by atoms with Crippen molar-refractivity contribution in [3.63, 3.8) is 0 Å². The van der Waals surface area contributed by atoms with E-state index in [1.165, 1.54) is 6.92 Å². The molecule has 4 N–H and O–H groups in total. The van der Waals surface area contributed by atoms with Crippen molar-refractivity contribution in [1.82, 2.24) is 4.72 Å². The molecule has 0 saturated heterocycles. The molecule has 6 heteroatoms. The van der Waals surface area contributed by atoms with Crippen LogP contribution in [-0.2, 0) is 4.79 Å². The number of rotatable bonds is 3. The van der Waals surface area contributed by atoms with Gasteiger partial charge < -0.3 is 11.1 Å². The Morgan fingerprint density at radius 1 is 1.40 bits per heavy atom. The Hall–Kier alpha value is -1.69. The van der Waals surface area contributed by atoms with Crippen molar-refractivity contribution in [2.75, 3.05) is 5.32 Å². The SMILES string of the molecule is CC(=O)Nc1cccc(SNC(N)=O)c1. The van der Waals surface area contributed by atoms with Crippen LogP contribution in [0.25, 0.3) is 0 Å². The monoisotopic (exact) mass is 225 g/mol. The second kappa shape index (κ2) is 5.26. The number of hydrogen-bond acceptors (Lipinski definition) is 3. The standard InChI is InChI=1S/C9H11N3O2S/c1-6(13)11-7-3-2-4-8(5-7)15-12-9(10)14/h2-5H,1H3,(H,11,13)(H3,10,12,14). The average Bonchev–Trinajstić information content (AvgIpc) is 2.14. The van der Waals surface area contributed by atoms with Crippen molar-refractivity contribution in [2.45, 2.75) is 11.8 Å².